The number of hydrogen-bond donors (Lipinski definition) is 2. The molecule has 1 aromatic carbocycles. The normalized spacial score (nSPS) is 9.59. The Labute approximate surface area is 106 Å². The summed E-state index contributed by atoms with van der Waals surface area (Å²) in [5, 5.41) is 6.57. The van der Waals surface area contributed by atoms with Crippen molar-refractivity contribution in [2.75, 3.05) is 19.0 Å². The van der Waals surface area contributed by atoms with Gasteiger partial charge in [-0.25, -0.2) is 4.79 Å². The third-order valence-corrected chi connectivity index (χ3v) is 2.57. The van der Waals surface area contributed by atoms with E-state index in [4.69, 9.17) is 17.0 Å². The Bertz CT molecular complexity index is 433. The van der Waals surface area contributed by atoms with Crippen LogP contribution in [0.25, 0.3) is 0 Å². The summed E-state index contributed by atoms with van der Waals surface area (Å²) in [7, 11) is 1.37. The Kier molecular flexibility index (Phi) is 4.90. The van der Waals surface area contributed by atoms with Crippen molar-refractivity contribution in [3.63, 3.8) is 0 Å². The van der Waals surface area contributed by atoms with Crippen molar-refractivity contribution in [3.05, 3.63) is 29.3 Å². The first-order valence-electron chi connectivity index (χ1n) is 5.33. The molecule has 0 atom stereocenters. The zero-order valence-electron chi connectivity index (χ0n) is 10.2. The lowest BCUT2D eigenvalue weighted by atomic mass is 10.1. The molecule has 0 fully saturated rings. The highest BCUT2D eigenvalue weighted by molar-refractivity contribution is 7.80. The molecule has 0 spiro atoms. The van der Waals surface area contributed by atoms with Gasteiger partial charge in [0.15, 0.2) is 5.11 Å². The monoisotopic (exact) mass is 252 g/mol. The average Bonchev–Trinajstić information content (AvgIpc) is 2.31. The van der Waals surface area contributed by atoms with Gasteiger partial charge in [0.25, 0.3) is 0 Å². The average molecular weight is 252 g/mol. The zero-order chi connectivity index (χ0) is 12.8. The molecule has 5 heteroatoms. The molecule has 0 aliphatic heterocycles. The molecule has 0 aromatic heterocycles. The molecule has 0 amide bonds. The Hall–Kier alpha value is -1.62. The number of hydrogen-bond acceptors (Lipinski definition) is 3. The Morgan fingerprint density at radius 3 is 2.76 bits per heavy atom. The number of methoxy groups -OCH3 is 1. The topological polar surface area (TPSA) is 50.4 Å². The molecule has 0 saturated heterocycles. The van der Waals surface area contributed by atoms with E-state index < -0.39 is 0 Å². The quantitative estimate of drug-likeness (QED) is 0.637. The van der Waals surface area contributed by atoms with E-state index in [1.165, 1.54) is 7.11 Å². The highest BCUT2D eigenvalue weighted by Gasteiger charge is 2.11. The molecular formula is C12H16N2O2S. The molecule has 0 aliphatic carbocycles. The first kappa shape index (κ1) is 13.4. The number of carbonyl (C=O) groups is 1. The van der Waals surface area contributed by atoms with Crippen LogP contribution in [0.4, 0.5) is 5.69 Å². The van der Waals surface area contributed by atoms with Crippen molar-refractivity contribution < 1.29 is 9.53 Å². The van der Waals surface area contributed by atoms with Gasteiger partial charge < -0.3 is 15.4 Å². The molecule has 92 valence electrons. The molecule has 0 aliphatic rings. The van der Waals surface area contributed by atoms with E-state index in [1.54, 1.807) is 12.1 Å². The van der Waals surface area contributed by atoms with Crippen LogP contribution < -0.4 is 10.6 Å². The fourth-order valence-corrected chi connectivity index (χ4v) is 1.68. The maximum atomic E-state index is 11.5. The second-order valence-corrected chi connectivity index (χ2v) is 3.86. The van der Waals surface area contributed by atoms with Crippen molar-refractivity contribution in [3.8, 4) is 0 Å². The highest BCUT2D eigenvalue weighted by Crippen LogP contribution is 2.19. The molecule has 0 unspecified atom stereocenters. The van der Waals surface area contributed by atoms with E-state index in [0.717, 1.165) is 17.8 Å². The van der Waals surface area contributed by atoms with Gasteiger partial charge in [0.05, 0.1) is 12.7 Å². The summed E-state index contributed by atoms with van der Waals surface area (Å²) in [6.45, 7) is 4.57. The van der Waals surface area contributed by atoms with E-state index >= 15 is 0 Å². The number of esters is 1. The van der Waals surface area contributed by atoms with Crippen LogP contribution in [0.2, 0.25) is 0 Å². The molecule has 0 saturated carbocycles. The zero-order valence-corrected chi connectivity index (χ0v) is 11.0. The van der Waals surface area contributed by atoms with E-state index in [1.807, 2.05) is 19.9 Å². The van der Waals surface area contributed by atoms with Gasteiger partial charge in [0.2, 0.25) is 0 Å². The van der Waals surface area contributed by atoms with Crippen LogP contribution in [0.15, 0.2) is 18.2 Å². The minimum absolute atomic E-state index is 0.347. The number of benzene rings is 1. The standard InChI is InChI=1S/C12H16N2O2S/c1-4-13-12(17)14-10-7-5-6-9(8(10)2)11(15)16-3/h5-7H,4H2,1-3H3,(H2,13,14,17). The van der Waals surface area contributed by atoms with Crippen molar-refractivity contribution in [2.24, 2.45) is 0 Å². The van der Waals surface area contributed by atoms with Gasteiger partial charge in [0, 0.05) is 12.2 Å². The maximum absolute atomic E-state index is 11.5. The van der Waals surface area contributed by atoms with Crippen molar-refractivity contribution >= 4 is 29.0 Å². The van der Waals surface area contributed by atoms with E-state index in [9.17, 15) is 4.79 Å². The fourth-order valence-electron chi connectivity index (χ4n) is 1.43. The van der Waals surface area contributed by atoms with Crippen molar-refractivity contribution in [2.45, 2.75) is 13.8 Å². The molecule has 1 aromatic rings. The third-order valence-electron chi connectivity index (χ3n) is 2.32. The predicted octanol–water partition coefficient (Wildman–Crippen LogP) is 2.09. The Balaban J connectivity index is 2.94. The summed E-state index contributed by atoms with van der Waals surface area (Å²) >= 11 is 5.09. The molecule has 0 bridgehead atoms. The molecule has 17 heavy (non-hydrogen) atoms. The summed E-state index contributed by atoms with van der Waals surface area (Å²) in [5.74, 6) is -0.347. The first-order chi connectivity index (χ1) is 8.10. The van der Waals surface area contributed by atoms with Gasteiger partial charge >= 0.3 is 5.97 Å². The van der Waals surface area contributed by atoms with Crippen LogP contribution in [0, 0.1) is 6.92 Å². The van der Waals surface area contributed by atoms with Gasteiger partial charge in [0.1, 0.15) is 0 Å². The minimum Gasteiger partial charge on any atom is -0.465 e. The van der Waals surface area contributed by atoms with Crippen molar-refractivity contribution in [1.82, 2.24) is 5.32 Å². The second kappa shape index (κ2) is 6.20. The molecule has 4 nitrogen and oxygen atoms in total. The van der Waals surface area contributed by atoms with Gasteiger partial charge in [-0.2, -0.15) is 0 Å². The molecule has 1 rings (SSSR count). The smallest absolute Gasteiger partial charge is 0.338 e. The minimum atomic E-state index is -0.347. The van der Waals surface area contributed by atoms with Crippen LogP contribution in [0.3, 0.4) is 0 Å². The lowest BCUT2D eigenvalue weighted by molar-refractivity contribution is 0.0600. The Morgan fingerprint density at radius 1 is 1.47 bits per heavy atom. The predicted molar refractivity (Wildman–Crippen MR) is 72.4 cm³/mol. The number of anilines is 1. The first-order valence-corrected chi connectivity index (χ1v) is 5.73. The lowest BCUT2D eigenvalue weighted by Crippen LogP contribution is -2.28. The number of nitrogens with one attached hydrogen (secondary N) is 2. The number of carbonyl (C=O) groups excluding carboxylic acids is 1. The SMILES string of the molecule is CCNC(=S)Nc1cccc(C(=O)OC)c1C. The summed E-state index contributed by atoms with van der Waals surface area (Å²) in [4.78, 5) is 11.5. The summed E-state index contributed by atoms with van der Waals surface area (Å²) in [6, 6.07) is 5.38. The molecule has 0 radical (unpaired) electrons. The van der Waals surface area contributed by atoms with E-state index in [-0.39, 0.29) is 5.97 Å². The van der Waals surface area contributed by atoms with Crippen LogP contribution >= 0.6 is 12.2 Å². The van der Waals surface area contributed by atoms with Crippen LogP contribution in [-0.2, 0) is 4.74 Å². The van der Waals surface area contributed by atoms with E-state index in [0.29, 0.717) is 10.7 Å². The third kappa shape index (κ3) is 3.42. The van der Waals surface area contributed by atoms with Crippen LogP contribution in [0.1, 0.15) is 22.8 Å². The maximum Gasteiger partial charge on any atom is 0.338 e. The largest absolute Gasteiger partial charge is 0.465 e. The Morgan fingerprint density at radius 2 is 2.18 bits per heavy atom. The highest BCUT2D eigenvalue weighted by atomic mass is 32.1. The number of rotatable bonds is 3. The fraction of sp³-hybridized carbons (Fsp3) is 0.333. The van der Waals surface area contributed by atoms with Gasteiger partial charge in [-0.3, -0.25) is 0 Å². The van der Waals surface area contributed by atoms with Crippen molar-refractivity contribution in [1.29, 1.82) is 0 Å². The molecule has 0 heterocycles. The van der Waals surface area contributed by atoms with E-state index in [2.05, 4.69) is 10.6 Å². The van der Waals surface area contributed by atoms with Gasteiger partial charge in [-0.05, 0) is 43.8 Å². The van der Waals surface area contributed by atoms with Crippen LogP contribution in [0.5, 0.6) is 0 Å². The molecule has 2 N–H and O–H groups in total. The number of thiocarbonyl (C=S) groups is 1. The summed E-state index contributed by atoms with van der Waals surface area (Å²) < 4.78 is 4.71. The van der Waals surface area contributed by atoms with Gasteiger partial charge in [-0.1, -0.05) is 6.07 Å². The molecular weight excluding hydrogens is 236 g/mol. The number of ether oxygens (including phenoxy) is 1. The summed E-state index contributed by atoms with van der Waals surface area (Å²) in [5.41, 5.74) is 2.16. The van der Waals surface area contributed by atoms with Crippen LogP contribution in [-0.4, -0.2) is 24.7 Å². The lowest BCUT2D eigenvalue weighted by Gasteiger charge is -2.13. The summed E-state index contributed by atoms with van der Waals surface area (Å²) in [6.07, 6.45) is 0. The second-order valence-electron chi connectivity index (χ2n) is 3.45. The van der Waals surface area contributed by atoms with Gasteiger partial charge in [-0.15, -0.1) is 0 Å².